The van der Waals surface area contributed by atoms with E-state index in [1.807, 2.05) is 30.3 Å². The number of halogens is 2. The maximum Gasteiger partial charge on any atom is 0.340 e. The van der Waals surface area contributed by atoms with Gasteiger partial charge in [-0.05, 0) is 28.4 Å². The second-order valence-electron chi connectivity index (χ2n) is 4.10. The first kappa shape index (κ1) is 14.5. The highest BCUT2D eigenvalue weighted by Crippen LogP contribution is 2.31. The van der Waals surface area contributed by atoms with Crippen LogP contribution in [0.1, 0.15) is 21.5 Å². The Balaban J connectivity index is 2.36. The quantitative estimate of drug-likeness (QED) is 0.865. The maximum atomic E-state index is 13.5. The van der Waals surface area contributed by atoms with Crippen LogP contribution in [0.2, 0.25) is 0 Å². The molecular weight excluding hydrogens is 329 g/mol. The Bertz CT molecular complexity index is 647. The van der Waals surface area contributed by atoms with Crippen molar-refractivity contribution in [1.29, 1.82) is 0 Å². The standard InChI is InChI=1S/C14H11BrFNO3/c1-8-10(14(18)19)11(12(15)17-13(8)16)20-7-9-5-3-2-4-6-9/h2-6H,7H2,1H3,(H,18,19). The lowest BCUT2D eigenvalue weighted by Gasteiger charge is -2.13. The summed E-state index contributed by atoms with van der Waals surface area (Å²) in [5, 5.41) is 9.20. The van der Waals surface area contributed by atoms with Crippen molar-refractivity contribution in [2.75, 3.05) is 0 Å². The molecule has 1 N–H and O–H groups in total. The molecule has 20 heavy (non-hydrogen) atoms. The second kappa shape index (κ2) is 6.00. The van der Waals surface area contributed by atoms with E-state index < -0.39 is 11.9 Å². The fourth-order valence-electron chi connectivity index (χ4n) is 1.72. The number of aromatic carboxylic acids is 1. The van der Waals surface area contributed by atoms with Gasteiger partial charge in [0.05, 0.1) is 0 Å². The van der Waals surface area contributed by atoms with Gasteiger partial charge in [-0.2, -0.15) is 4.39 Å². The lowest BCUT2D eigenvalue weighted by Crippen LogP contribution is -2.09. The molecule has 0 aliphatic carbocycles. The zero-order valence-electron chi connectivity index (χ0n) is 10.6. The van der Waals surface area contributed by atoms with Crippen LogP contribution in [0.3, 0.4) is 0 Å². The number of carboxylic acids is 1. The predicted molar refractivity (Wildman–Crippen MR) is 74.4 cm³/mol. The molecule has 104 valence electrons. The SMILES string of the molecule is Cc1c(F)nc(Br)c(OCc2ccccc2)c1C(=O)O. The molecule has 0 aliphatic heterocycles. The molecule has 6 heteroatoms. The monoisotopic (exact) mass is 339 g/mol. The zero-order chi connectivity index (χ0) is 14.7. The highest BCUT2D eigenvalue weighted by atomic mass is 79.9. The predicted octanol–water partition coefficient (Wildman–Crippen LogP) is 3.57. The molecule has 0 bridgehead atoms. The number of rotatable bonds is 4. The van der Waals surface area contributed by atoms with Crippen molar-refractivity contribution in [3.63, 3.8) is 0 Å². The minimum Gasteiger partial charge on any atom is -0.485 e. The van der Waals surface area contributed by atoms with Crippen LogP contribution in [-0.4, -0.2) is 16.1 Å². The number of pyridine rings is 1. The lowest BCUT2D eigenvalue weighted by atomic mass is 10.1. The first-order chi connectivity index (χ1) is 9.50. The van der Waals surface area contributed by atoms with Crippen LogP contribution in [0.15, 0.2) is 34.9 Å². The van der Waals surface area contributed by atoms with Gasteiger partial charge in [-0.25, -0.2) is 9.78 Å². The number of hydrogen-bond donors (Lipinski definition) is 1. The van der Waals surface area contributed by atoms with Crippen LogP contribution in [0.5, 0.6) is 5.75 Å². The van der Waals surface area contributed by atoms with E-state index in [1.54, 1.807) is 0 Å². The van der Waals surface area contributed by atoms with Gasteiger partial charge in [-0.3, -0.25) is 0 Å². The van der Waals surface area contributed by atoms with Gasteiger partial charge in [0.25, 0.3) is 0 Å². The number of nitrogens with zero attached hydrogens (tertiary/aromatic N) is 1. The number of ether oxygens (including phenoxy) is 1. The molecule has 4 nitrogen and oxygen atoms in total. The largest absolute Gasteiger partial charge is 0.485 e. The van der Waals surface area contributed by atoms with Crippen molar-refractivity contribution in [3.8, 4) is 5.75 Å². The summed E-state index contributed by atoms with van der Waals surface area (Å²) in [4.78, 5) is 14.9. The van der Waals surface area contributed by atoms with Crippen LogP contribution in [-0.2, 0) is 6.61 Å². The van der Waals surface area contributed by atoms with Crippen molar-refractivity contribution < 1.29 is 19.0 Å². The summed E-state index contributed by atoms with van der Waals surface area (Å²) in [6.07, 6.45) is 0. The maximum absolute atomic E-state index is 13.5. The van der Waals surface area contributed by atoms with Gasteiger partial charge in [0.1, 0.15) is 12.2 Å². The number of carbonyl (C=O) groups is 1. The Labute approximate surface area is 123 Å². The van der Waals surface area contributed by atoms with E-state index in [1.165, 1.54) is 6.92 Å². The third kappa shape index (κ3) is 2.96. The Morgan fingerprint density at radius 3 is 2.65 bits per heavy atom. The van der Waals surface area contributed by atoms with E-state index in [9.17, 15) is 14.3 Å². The van der Waals surface area contributed by atoms with Crippen molar-refractivity contribution >= 4 is 21.9 Å². The third-order valence-corrected chi connectivity index (χ3v) is 3.27. The summed E-state index contributed by atoms with van der Waals surface area (Å²) in [5.74, 6) is -2.06. The Kier molecular flexibility index (Phi) is 4.34. The molecule has 0 radical (unpaired) electrons. The molecule has 0 saturated carbocycles. The minimum absolute atomic E-state index is 0.0280. The molecule has 0 saturated heterocycles. The molecule has 2 aromatic rings. The topological polar surface area (TPSA) is 59.4 Å². The molecule has 0 aliphatic rings. The van der Waals surface area contributed by atoms with Gasteiger partial charge in [0, 0.05) is 5.56 Å². The van der Waals surface area contributed by atoms with E-state index in [-0.39, 0.29) is 28.1 Å². The number of carboxylic acid groups (broad SMARTS) is 1. The summed E-state index contributed by atoms with van der Waals surface area (Å²) in [5.41, 5.74) is 0.599. The van der Waals surface area contributed by atoms with Gasteiger partial charge < -0.3 is 9.84 Å². The van der Waals surface area contributed by atoms with Crippen molar-refractivity contribution in [1.82, 2.24) is 4.98 Å². The Hall–Kier alpha value is -1.95. The van der Waals surface area contributed by atoms with Crippen LogP contribution in [0.25, 0.3) is 0 Å². The minimum atomic E-state index is -1.26. The molecule has 0 spiro atoms. The molecule has 0 atom stereocenters. The lowest BCUT2D eigenvalue weighted by molar-refractivity contribution is 0.0689. The Morgan fingerprint density at radius 2 is 2.05 bits per heavy atom. The third-order valence-electron chi connectivity index (χ3n) is 2.74. The van der Waals surface area contributed by atoms with Gasteiger partial charge in [-0.1, -0.05) is 30.3 Å². The summed E-state index contributed by atoms with van der Waals surface area (Å²) in [6.45, 7) is 1.53. The fourth-order valence-corrected chi connectivity index (χ4v) is 2.18. The molecular formula is C14H11BrFNO3. The van der Waals surface area contributed by atoms with Crippen LogP contribution in [0, 0.1) is 12.9 Å². The summed E-state index contributed by atoms with van der Waals surface area (Å²) >= 11 is 3.03. The molecule has 1 aromatic heterocycles. The van der Waals surface area contributed by atoms with E-state index in [0.29, 0.717) is 0 Å². The van der Waals surface area contributed by atoms with Crippen LogP contribution < -0.4 is 4.74 Å². The molecule has 0 amide bonds. The number of hydrogen-bond acceptors (Lipinski definition) is 3. The molecule has 1 heterocycles. The zero-order valence-corrected chi connectivity index (χ0v) is 12.1. The first-order valence-corrected chi connectivity index (χ1v) is 6.55. The van der Waals surface area contributed by atoms with Crippen molar-refractivity contribution in [2.45, 2.75) is 13.5 Å². The molecule has 1 aromatic carbocycles. The first-order valence-electron chi connectivity index (χ1n) is 5.76. The smallest absolute Gasteiger partial charge is 0.340 e. The van der Waals surface area contributed by atoms with Gasteiger partial charge in [-0.15, -0.1) is 0 Å². The van der Waals surface area contributed by atoms with E-state index in [2.05, 4.69) is 20.9 Å². The molecule has 0 unspecified atom stereocenters. The van der Waals surface area contributed by atoms with Crippen molar-refractivity contribution in [3.05, 3.63) is 57.6 Å². The highest BCUT2D eigenvalue weighted by Gasteiger charge is 2.22. The van der Waals surface area contributed by atoms with Crippen molar-refractivity contribution in [2.24, 2.45) is 0 Å². The fraction of sp³-hybridized carbons (Fsp3) is 0.143. The van der Waals surface area contributed by atoms with Gasteiger partial charge in [0.2, 0.25) is 5.95 Å². The number of aromatic nitrogens is 1. The average Bonchev–Trinajstić information content (AvgIpc) is 2.42. The summed E-state index contributed by atoms with van der Waals surface area (Å²) in [6, 6.07) is 9.25. The van der Waals surface area contributed by atoms with E-state index in [0.717, 1.165) is 5.56 Å². The Morgan fingerprint density at radius 1 is 1.40 bits per heavy atom. The summed E-state index contributed by atoms with van der Waals surface area (Å²) < 4.78 is 19.0. The van der Waals surface area contributed by atoms with Crippen LogP contribution in [0.4, 0.5) is 4.39 Å². The van der Waals surface area contributed by atoms with Gasteiger partial charge >= 0.3 is 5.97 Å². The summed E-state index contributed by atoms with van der Waals surface area (Å²) in [7, 11) is 0. The normalized spacial score (nSPS) is 10.3. The highest BCUT2D eigenvalue weighted by molar-refractivity contribution is 9.10. The van der Waals surface area contributed by atoms with E-state index in [4.69, 9.17) is 4.74 Å². The average molecular weight is 340 g/mol. The molecule has 2 rings (SSSR count). The second-order valence-corrected chi connectivity index (χ2v) is 4.85. The van der Waals surface area contributed by atoms with Gasteiger partial charge in [0.15, 0.2) is 10.4 Å². The van der Waals surface area contributed by atoms with E-state index >= 15 is 0 Å². The molecule has 0 fully saturated rings. The van der Waals surface area contributed by atoms with Crippen LogP contribution >= 0.6 is 15.9 Å². The number of benzene rings is 1.